The topological polar surface area (TPSA) is 122 Å². The summed E-state index contributed by atoms with van der Waals surface area (Å²) in [5.74, 6) is -2.80. The molecule has 0 spiro atoms. The van der Waals surface area contributed by atoms with Crippen molar-refractivity contribution in [3.63, 3.8) is 0 Å². The maximum absolute atomic E-state index is 12.5. The molecule has 3 N–H and O–H groups in total. The van der Waals surface area contributed by atoms with E-state index in [0.29, 0.717) is 6.42 Å². The molecule has 0 aromatic heterocycles. The minimum absolute atomic E-state index is 0.0738. The number of carbonyl (C=O) groups excluding carboxylic acids is 3. The van der Waals surface area contributed by atoms with Gasteiger partial charge in [-0.25, -0.2) is 9.59 Å². The number of hydrogen-bond donors (Lipinski definition) is 3. The summed E-state index contributed by atoms with van der Waals surface area (Å²) >= 11 is 28.4. The third-order valence-electron chi connectivity index (χ3n) is 6.48. The lowest BCUT2D eigenvalue weighted by Crippen LogP contribution is -2.43. The minimum Gasteiger partial charge on any atom is -0.480 e. The van der Waals surface area contributed by atoms with Gasteiger partial charge in [-0.2, -0.15) is 0 Å². The number of amides is 2. The molecule has 14 heteroatoms. The summed E-state index contributed by atoms with van der Waals surface area (Å²) in [5, 5.41) is 15.2. The van der Waals surface area contributed by atoms with Gasteiger partial charge in [0.05, 0.1) is 38.3 Å². The van der Waals surface area contributed by atoms with Crippen molar-refractivity contribution in [1.82, 2.24) is 10.6 Å². The number of carboxylic acids is 1. The Kier molecular flexibility index (Phi) is 15.5. The van der Waals surface area contributed by atoms with E-state index in [-0.39, 0.29) is 37.6 Å². The molecule has 0 heterocycles. The van der Waals surface area contributed by atoms with Gasteiger partial charge in [-0.05, 0) is 105 Å². The number of carboxylic acid groups (broad SMARTS) is 1. The zero-order valence-corrected chi connectivity index (χ0v) is 31.7. The molecule has 0 aliphatic rings. The Hall–Kier alpha value is -2.62. The van der Waals surface area contributed by atoms with Crippen LogP contribution in [-0.2, 0) is 27.2 Å². The van der Waals surface area contributed by atoms with Gasteiger partial charge in [-0.3, -0.25) is 9.59 Å². The number of methoxy groups -OCH3 is 1. The lowest BCUT2D eigenvalue weighted by atomic mass is 10.1. The third kappa shape index (κ3) is 11.8. The molecule has 0 aliphatic heterocycles. The molecule has 4 aromatic carbocycles. The molecule has 0 unspecified atom stereocenters. The Balaban J connectivity index is 0.000000256. The molecule has 2 atom stereocenters. The van der Waals surface area contributed by atoms with Crippen molar-refractivity contribution in [2.75, 3.05) is 7.11 Å². The highest BCUT2D eigenvalue weighted by Crippen LogP contribution is 2.25. The molecule has 0 aliphatic carbocycles. The highest BCUT2D eigenvalue weighted by molar-refractivity contribution is 14.1. The smallest absolute Gasteiger partial charge is 0.328 e. The molecule has 0 saturated carbocycles. The van der Waals surface area contributed by atoms with Crippen LogP contribution < -0.4 is 10.6 Å². The maximum atomic E-state index is 12.5. The molecule has 4 rings (SSSR count). The number of hydrogen-bond acceptors (Lipinski definition) is 5. The zero-order chi connectivity index (χ0) is 34.7. The van der Waals surface area contributed by atoms with Crippen molar-refractivity contribution in [2.24, 2.45) is 0 Å². The number of rotatable bonds is 10. The van der Waals surface area contributed by atoms with Gasteiger partial charge in [-0.1, -0.05) is 82.8 Å². The van der Waals surface area contributed by atoms with Crippen LogP contribution in [0, 0.1) is 7.14 Å². The number of esters is 1. The largest absolute Gasteiger partial charge is 0.480 e. The predicted molar refractivity (Wildman–Crippen MR) is 201 cm³/mol. The molecule has 0 saturated heterocycles. The fourth-order valence-electron chi connectivity index (χ4n) is 4.14. The molecule has 246 valence electrons. The number of ether oxygens (including phenoxy) is 1. The molecule has 8 nitrogen and oxygen atoms in total. The lowest BCUT2D eigenvalue weighted by Gasteiger charge is -2.17. The number of aliphatic carboxylic acids is 1. The average molecular weight is 942 g/mol. The summed E-state index contributed by atoms with van der Waals surface area (Å²) < 4.78 is 6.91. The summed E-state index contributed by atoms with van der Waals surface area (Å²) in [4.78, 5) is 48.2. The standard InChI is InChI=1S/C17H14Cl2INO3.C16H12Cl2INO3/c1-24-17(23)14(9-10-5-7-11(20)8-6-10)21-16(22)15-12(18)3-2-4-13(15)19;17-11-2-1-3-12(18)14(11)15(21)20-13(16(22)23)8-9-4-6-10(19)7-5-9/h2-8,14H,9H2,1H3,(H,21,22);1-7,13H,8H2,(H,20,21)(H,22,23)/t14-;13-/m00/s1. The van der Waals surface area contributed by atoms with E-state index in [0.717, 1.165) is 18.3 Å². The van der Waals surface area contributed by atoms with Crippen LogP contribution in [0.4, 0.5) is 0 Å². The summed E-state index contributed by atoms with van der Waals surface area (Å²) in [6, 6.07) is 22.6. The molecule has 0 bridgehead atoms. The van der Waals surface area contributed by atoms with Crippen molar-refractivity contribution in [1.29, 1.82) is 0 Å². The van der Waals surface area contributed by atoms with Crippen molar-refractivity contribution in [3.8, 4) is 0 Å². The Morgan fingerprint density at radius 1 is 0.638 bits per heavy atom. The second kappa shape index (κ2) is 18.8. The first-order valence-electron chi connectivity index (χ1n) is 13.6. The molecule has 0 fully saturated rings. The normalized spacial score (nSPS) is 11.7. The first kappa shape index (κ1) is 38.8. The quantitative estimate of drug-likeness (QED) is 0.109. The van der Waals surface area contributed by atoms with Gasteiger partial charge >= 0.3 is 11.9 Å². The third-order valence-corrected chi connectivity index (χ3v) is 9.18. The van der Waals surface area contributed by atoms with Crippen LogP contribution in [0.15, 0.2) is 84.9 Å². The summed E-state index contributed by atoms with van der Waals surface area (Å²) in [5.41, 5.74) is 1.92. The summed E-state index contributed by atoms with van der Waals surface area (Å²) in [6.07, 6.45) is 0.470. The fraction of sp³-hybridized carbons (Fsp3) is 0.152. The zero-order valence-electron chi connectivity index (χ0n) is 24.4. The van der Waals surface area contributed by atoms with Crippen LogP contribution >= 0.6 is 91.6 Å². The van der Waals surface area contributed by atoms with Crippen molar-refractivity contribution in [3.05, 3.63) is 134 Å². The first-order valence-corrected chi connectivity index (χ1v) is 17.3. The predicted octanol–water partition coefficient (Wildman–Crippen LogP) is 8.14. The van der Waals surface area contributed by atoms with Crippen LogP contribution in [0.25, 0.3) is 0 Å². The van der Waals surface area contributed by atoms with Crippen LogP contribution in [0.1, 0.15) is 31.8 Å². The van der Waals surface area contributed by atoms with E-state index in [2.05, 4.69) is 55.8 Å². The Morgan fingerprint density at radius 3 is 1.32 bits per heavy atom. The minimum atomic E-state index is -1.12. The van der Waals surface area contributed by atoms with Crippen LogP contribution in [0.2, 0.25) is 20.1 Å². The monoisotopic (exact) mass is 940 g/mol. The van der Waals surface area contributed by atoms with Crippen molar-refractivity contribution in [2.45, 2.75) is 24.9 Å². The van der Waals surface area contributed by atoms with Crippen molar-refractivity contribution < 1.29 is 29.0 Å². The highest BCUT2D eigenvalue weighted by atomic mass is 127. The van der Waals surface area contributed by atoms with E-state index < -0.39 is 35.8 Å². The second-order valence-electron chi connectivity index (χ2n) is 9.77. The van der Waals surface area contributed by atoms with Gasteiger partial charge in [0.1, 0.15) is 12.1 Å². The van der Waals surface area contributed by atoms with Gasteiger partial charge in [0.25, 0.3) is 11.8 Å². The summed E-state index contributed by atoms with van der Waals surface area (Å²) in [6.45, 7) is 0. The van der Waals surface area contributed by atoms with Crippen LogP contribution in [-0.4, -0.2) is 48.1 Å². The van der Waals surface area contributed by atoms with Gasteiger partial charge in [-0.15, -0.1) is 0 Å². The second-order valence-corrected chi connectivity index (χ2v) is 13.9. The number of benzene rings is 4. The van der Waals surface area contributed by atoms with E-state index >= 15 is 0 Å². The SMILES string of the molecule is COC(=O)[C@H](Cc1ccc(I)cc1)NC(=O)c1c(Cl)cccc1Cl.O=C(N[C@@H](Cc1ccc(I)cc1)C(=O)O)c1c(Cl)cccc1Cl. The lowest BCUT2D eigenvalue weighted by molar-refractivity contribution is -0.143. The Morgan fingerprint density at radius 2 is 0.979 bits per heavy atom. The van der Waals surface area contributed by atoms with Crippen molar-refractivity contribution >= 4 is 115 Å². The maximum Gasteiger partial charge on any atom is 0.328 e. The van der Waals surface area contributed by atoms with Gasteiger partial charge < -0.3 is 20.5 Å². The van der Waals surface area contributed by atoms with E-state index in [4.69, 9.17) is 51.1 Å². The van der Waals surface area contributed by atoms with Crippen LogP contribution in [0.3, 0.4) is 0 Å². The molecule has 0 radical (unpaired) electrons. The van der Waals surface area contributed by atoms with E-state index in [1.54, 1.807) is 24.3 Å². The van der Waals surface area contributed by atoms with Gasteiger partial charge in [0.2, 0.25) is 0 Å². The van der Waals surface area contributed by atoms with Gasteiger partial charge in [0.15, 0.2) is 0 Å². The van der Waals surface area contributed by atoms with Crippen LogP contribution in [0.5, 0.6) is 0 Å². The first-order chi connectivity index (χ1) is 22.3. The van der Waals surface area contributed by atoms with E-state index in [1.165, 1.54) is 19.2 Å². The number of halogens is 6. The number of carbonyl (C=O) groups is 4. The molecular weight excluding hydrogens is 916 g/mol. The number of nitrogens with one attached hydrogen (secondary N) is 2. The Labute approximate surface area is 318 Å². The van der Waals surface area contributed by atoms with Gasteiger partial charge in [0, 0.05) is 20.0 Å². The molecular formula is C33H26Cl4I2N2O6. The highest BCUT2D eigenvalue weighted by Gasteiger charge is 2.25. The van der Waals surface area contributed by atoms with E-state index in [9.17, 15) is 24.3 Å². The molecule has 2 amide bonds. The molecule has 47 heavy (non-hydrogen) atoms. The Bertz CT molecular complexity index is 1700. The molecule has 4 aromatic rings. The summed E-state index contributed by atoms with van der Waals surface area (Å²) in [7, 11) is 1.28. The van der Waals surface area contributed by atoms with E-state index in [1.807, 2.05) is 48.5 Å². The fourth-order valence-corrected chi connectivity index (χ4v) is 6.00. The average Bonchev–Trinajstić information content (AvgIpc) is 3.02.